The molecule has 1 N–H and O–H groups in total. The van der Waals surface area contributed by atoms with Gasteiger partial charge in [0.2, 0.25) is 5.91 Å². The molecule has 2 fully saturated rings. The number of hydrogen-bond acceptors (Lipinski definition) is 5. The second-order valence-corrected chi connectivity index (χ2v) is 7.52. The molecule has 2 aliphatic heterocycles. The van der Waals surface area contributed by atoms with Gasteiger partial charge in [-0.05, 0) is 42.7 Å². The number of hydrogen-bond donors (Lipinski definition) is 1. The van der Waals surface area contributed by atoms with Crippen LogP contribution in [0.1, 0.15) is 19.3 Å². The van der Waals surface area contributed by atoms with Gasteiger partial charge in [-0.2, -0.15) is 0 Å². The van der Waals surface area contributed by atoms with Crippen molar-refractivity contribution in [1.29, 1.82) is 0 Å². The van der Waals surface area contributed by atoms with Gasteiger partial charge in [-0.1, -0.05) is 0 Å². The van der Waals surface area contributed by atoms with Gasteiger partial charge in [0, 0.05) is 19.6 Å². The molecule has 4 rings (SSSR count). The lowest BCUT2D eigenvalue weighted by Crippen LogP contribution is -2.45. The van der Waals surface area contributed by atoms with Crippen LogP contribution in [0.25, 0.3) is 10.2 Å². The van der Waals surface area contributed by atoms with Crippen molar-refractivity contribution in [2.45, 2.75) is 25.8 Å². The van der Waals surface area contributed by atoms with Crippen molar-refractivity contribution in [2.75, 3.05) is 26.2 Å². The summed E-state index contributed by atoms with van der Waals surface area (Å²) in [7, 11) is 0. The molecule has 0 radical (unpaired) electrons. The van der Waals surface area contributed by atoms with Gasteiger partial charge in [0.1, 0.15) is 11.4 Å². The first-order valence-electron chi connectivity index (χ1n) is 8.08. The van der Waals surface area contributed by atoms with Gasteiger partial charge >= 0.3 is 0 Å². The highest BCUT2D eigenvalue weighted by Gasteiger charge is 2.37. The lowest BCUT2D eigenvalue weighted by atomic mass is 9.78. The Kier molecular flexibility index (Phi) is 4.94. The zero-order valence-electron chi connectivity index (χ0n) is 13.4. The normalized spacial score (nSPS) is 19.6. The smallest absolute Gasteiger partial charge is 0.262 e. The van der Waals surface area contributed by atoms with Crippen molar-refractivity contribution in [3.8, 4) is 0 Å². The summed E-state index contributed by atoms with van der Waals surface area (Å²) in [5.41, 5.74) is 0.267. The molecule has 24 heavy (non-hydrogen) atoms. The van der Waals surface area contributed by atoms with Crippen molar-refractivity contribution in [3.05, 3.63) is 28.1 Å². The Morgan fingerprint density at radius 1 is 1.33 bits per heavy atom. The van der Waals surface area contributed by atoms with Gasteiger partial charge in [-0.15, -0.1) is 23.7 Å². The maximum Gasteiger partial charge on any atom is 0.262 e. The molecule has 0 bridgehead atoms. The van der Waals surface area contributed by atoms with Crippen LogP contribution in [0.3, 0.4) is 0 Å². The molecule has 130 valence electrons. The molecule has 0 saturated carbocycles. The highest BCUT2D eigenvalue weighted by atomic mass is 35.5. The van der Waals surface area contributed by atoms with E-state index in [1.54, 1.807) is 6.07 Å². The second kappa shape index (κ2) is 6.82. The number of likely N-dealkylation sites (tertiary alicyclic amines) is 1. The number of thiophene rings is 1. The van der Waals surface area contributed by atoms with Crippen LogP contribution < -0.4 is 10.9 Å². The molecule has 4 heterocycles. The summed E-state index contributed by atoms with van der Waals surface area (Å²) < 4.78 is 1.43. The zero-order valence-corrected chi connectivity index (χ0v) is 15.0. The van der Waals surface area contributed by atoms with E-state index in [-0.39, 0.29) is 30.4 Å². The van der Waals surface area contributed by atoms with Gasteiger partial charge in [-0.3, -0.25) is 14.2 Å². The number of nitrogens with one attached hydrogen (secondary N) is 1. The molecular weight excluding hydrogens is 348 g/mol. The molecule has 2 saturated heterocycles. The number of halogens is 1. The summed E-state index contributed by atoms with van der Waals surface area (Å²) >= 11 is 1.44. The van der Waals surface area contributed by atoms with Crippen LogP contribution >= 0.6 is 23.7 Å². The topological polar surface area (TPSA) is 67.2 Å². The van der Waals surface area contributed by atoms with E-state index in [4.69, 9.17) is 0 Å². The lowest BCUT2D eigenvalue weighted by Gasteiger charge is -2.38. The fourth-order valence-corrected chi connectivity index (χ4v) is 4.43. The van der Waals surface area contributed by atoms with Crippen molar-refractivity contribution in [1.82, 2.24) is 19.8 Å². The zero-order chi connectivity index (χ0) is 15.9. The predicted molar refractivity (Wildman–Crippen MR) is 96.9 cm³/mol. The third-order valence-corrected chi connectivity index (χ3v) is 6.09. The van der Waals surface area contributed by atoms with Crippen molar-refractivity contribution < 1.29 is 4.79 Å². The SMILES string of the molecule is Cl.O=C(Cn1cnc2sccc2c1=O)N1CCC2(CCNC2)CC1. The maximum absolute atomic E-state index is 12.5. The average Bonchev–Trinajstić information content (AvgIpc) is 3.21. The third kappa shape index (κ3) is 3.08. The molecule has 0 unspecified atom stereocenters. The Hall–Kier alpha value is -1.44. The molecule has 0 aromatic carbocycles. The summed E-state index contributed by atoms with van der Waals surface area (Å²) in [5, 5.41) is 5.88. The minimum absolute atomic E-state index is 0. The largest absolute Gasteiger partial charge is 0.341 e. The van der Waals surface area contributed by atoms with E-state index in [0.717, 1.165) is 43.9 Å². The molecule has 8 heteroatoms. The average molecular weight is 369 g/mol. The van der Waals surface area contributed by atoms with Gasteiger partial charge in [-0.25, -0.2) is 4.98 Å². The highest BCUT2D eigenvalue weighted by Crippen LogP contribution is 2.36. The number of carbonyl (C=O) groups excluding carboxylic acids is 1. The minimum atomic E-state index is -0.127. The van der Waals surface area contributed by atoms with E-state index in [0.29, 0.717) is 10.8 Å². The summed E-state index contributed by atoms with van der Waals surface area (Å²) in [5.74, 6) is 0.0179. The van der Waals surface area contributed by atoms with Crippen molar-refractivity contribution in [3.63, 3.8) is 0 Å². The molecule has 2 aromatic rings. The summed E-state index contributed by atoms with van der Waals surface area (Å²) in [4.78, 5) is 31.8. The highest BCUT2D eigenvalue weighted by molar-refractivity contribution is 7.16. The predicted octanol–water partition coefficient (Wildman–Crippen LogP) is 1.48. The monoisotopic (exact) mass is 368 g/mol. The van der Waals surface area contributed by atoms with Crippen LogP contribution in [-0.4, -0.2) is 46.5 Å². The van der Waals surface area contributed by atoms with E-state index in [1.807, 2.05) is 10.3 Å². The number of fused-ring (bicyclic) bond motifs is 1. The number of carbonyl (C=O) groups is 1. The molecule has 6 nitrogen and oxygen atoms in total. The molecule has 1 amide bonds. The molecular formula is C16H21ClN4O2S. The van der Waals surface area contributed by atoms with Gasteiger partial charge in [0.15, 0.2) is 0 Å². The summed E-state index contributed by atoms with van der Waals surface area (Å²) in [6.45, 7) is 3.85. The first kappa shape index (κ1) is 17.4. The quantitative estimate of drug-likeness (QED) is 0.872. The first-order chi connectivity index (χ1) is 11.2. The van der Waals surface area contributed by atoms with Crippen molar-refractivity contribution in [2.24, 2.45) is 5.41 Å². The fraction of sp³-hybridized carbons (Fsp3) is 0.562. The van der Waals surface area contributed by atoms with Crippen LogP contribution in [-0.2, 0) is 11.3 Å². The Morgan fingerprint density at radius 3 is 2.83 bits per heavy atom. The van der Waals surface area contributed by atoms with E-state index >= 15 is 0 Å². The Bertz CT molecular complexity index is 787. The summed E-state index contributed by atoms with van der Waals surface area (Å²) in [6, 6.07) is 1.77. The maximum atomic E-state index is 12.5. The fourth-order valence-electron chi connectivity index (χ4n) is 3.70. The molecule has 2 aromatic heterocycles. The molecule has 0 aliphatic carbocycles. The number of piperidine rings is 1. The number of rotatable bonds is 2. The van der Waals surface area contributed by atoms with Crippen LogP contribution in [0, 0.1) is 5.41 Å². The number of amides is 1. The molecule has 2 aliphatic rings. The van der Waals surface area contributed by atoms with Crippen LogP contribution in [0.5, 0.6) is 0 Å². The third-order valence-electron chi connectivity index (χ3n) is 5.26. The molecule has 0 atom stereocenters. The van der Waals surface area contributed by atoms with Crippen LogP contribution in [0.15, 0.2) is 22.6 Å². The van der Waals surface area contributed by atoms with E-state index in [9.17, 15) is 9.59 Å². The van der Waals surface area contributed by atoms with Crippen LogP contribution in [0.4, 0.5) is 0 Å². The first-order valence-corrected chi connectivity index (χ1v) is 8.96. The van der Waals surface area contributed by atoms with E-state index in [1.165, 1.54) is 28.7 Å². The van der Waals surface area contributed by atoms with E-state index < -0.39 is 0 Å². The Labute approximate surface area is 150 Å². The number of nitrogens with zero attached hydrogens (tertiary/aromatic N) is 3. The van der Waals surface area contributed by atoms with Crippen molar-refractivity contribution >= 4 is 39.9 Å². The van der Waals surface area contributed by atoms with Crippen LogP contribution in [0.2, 0.25) is 0 Å². The minimum Gasteiger partial charge on any atom is -0.341 e. The molecule has 1 spiro atoms. The van der Waals surface area contributed by atoms with E-state index in [2.05, 4.69) is 10.3 Å². The Balaban J connectivity index is 0.00000169. The van der Waals surface area contributed by atoms with Gasteiger partial charge in [0.25, 0.3) is 5.56 Å². The number of aromatic nitrogens is 2. The summed E-state index contributed by atoms with van der Waals surface area (Å²) in [6.07, 6.45) is 4.82. The van der Waals surface area contributed by atoms with Gasteiger partial charge in [0.05, 0.1) is 11.7 Å². The van der Waals surface area contributed by atoms with Gasteiger partial charge < -0.3 is 10.2 Å². The standard InChI is InChI=1S/C16H20N4O2S.ClH/c21-13(19-6-3-16(4-7-19)2-5-17-10-16)9-20-11-18-14-12(15(20)22)1-8-23-14;/h1,8,11,17H,2-7,9-10H2;1H. The lowest BCUT2D eigenvalue weighted by molar-refractivity contribution is -0.134. The Morgan fingerprint density at radius 2 is 2.12 bits per heavy atom. The second-order valence-electron chi connectivity index (χ2n) is 6.62.